The molecule has 0 radical (unpaired) electrons. The Morgan fingerprint density at radius 3 is 2.67 bits per heavy atom. The molecular formula is C8H12N2O2. The lowest BCUT2D eigenvalue weighted by Gasteiger charge is -2.11. The lowest BCUT2D eigenvalue weighted by molar-refractivity contribution is -0.105. The molecule has 1 heterocycles. The summed E-state index contributed by atoms with van der Waals surface area (Å²) < 4.78 is 5.01. The van der Waals surface area contributed by atoms with E-state index in [1.165, 1.54) is 0 Å². The van der Waals surface area contributed by atoms with Gasteiger partial charge in [-0.25, -0.2) is 0 Å². The highest BCUT2D eigenvalue weighted by atomic mass is 16.5. The molecule has 0 saturated carbocycles. The molecule has 0 unspecified atom stereocenters. The van der Waals surface area contributed by atoms with Crippen LogP contribution in [0.1, 0.15) is 26.5 Å². The highest BCUT2D eigenvalue weighted by Crippen LogP contribution is 2.23. The van der Waals surface area contributed by atoms with Gasteiger partial charge in [-0.1, -0.05) is 25.9 Å². The molecule has 12 heavy (non-hydrogen) atoms. The second-order valence-electron chi connectivity index (χ2n) is 3.59. The van der Waals surface area contributed by atoms with Gasteiger partial charge in [-0.2, -0.15) is 0 Å². The van der Waals surface area contributed by atoms with Gasteiger partial charge in [0.2, 0.25) is 6.41 Å². The fraction of sp³-hybridized carbons (Fsp3) is 0.500. The topological polar surface area (TPSA) is 55.1 Å². The molecule has 1 aromatic heterocycles. The minimum absolute atomic E-state index is 0.0736. The summed E-state index contributed by atoms with van der Waals surface area (Å²) in [5.74, 6) is 1.21. The summed E-state index contributed by atoms with van der Waals surface area (Å²) >= 11 is 0. The molecule has 0 spiro atoms. The Labute approximate surface area is 70.9 Å². The van der Waals surface area contributed by atoms with Crippen LogP contribution in [-0.4, -0.2) is 11.6 Å². The molecule has 1 amide bonds. The van der Waals surface area contributed by atoms with Crippen molar-refractivity contribution in [3.8, 4) is 0 Å². The van der Waals surface area contributed by atoms with E-state index in [-0.39, 0.29) is 5.41 Å². The van der Waals surface area contributed by atoms with Gasteiger partial charge in [-0.05, 0) is 0 Å². The summed E-state index contributed by atoms with van der Waals surface area (Å²) in [5, 5.41) is 6.07. The largest absolute Gasteiger partial charge is 0.359 e. The first-order chi connectivity index (χ1) is 5.54. The molecule has 0 aliphatic carbocycles. The Morgan fingerprint density at radius 1 is 1.58 bits per heavy atom. The number of nitrogens with zero attached hydrogens (tertiary/aromatic N) is 1. The predicted octanol–water partition coefficient (Wildman–Crippen LogP) is 1.54. The van der Waals surface area contributed by atoms with Crippen molar-refractivity contribution >= 4 is 12.2 Å². The molecule has 0 bridgehead atoms. The van der Waals surface area contributed by atoms with E-state index in [4.69, 9.17) is 4.52 Å². The van der Waals surface area contributed by atoms with E-state index in [9.17, 15) is 4.79 Å². The molecular weight excluding hydrogens is 156 g/mol. The predicted molar refractivity (Wildman–Crippen MR) is 44.9 cm³/mol. The molecule has 66 valence electrons. The Bertz CT molecular complexity index is 273. The lowest BCUT2D eigenvalue weighted by Crippen LogP contribution is -2.09. The van der Waals surface area contributed by atoms with Crippen molar-refractivity contribution in [2.45, 2.75) is 26.2 Å². The molecule has 0 aliphatic heterocycles. The van der Waals surface area contributed by atoms with Crippen molar-refractivity contribution in [3.63, 3.8) is 0 Å². The minimum atomic E-state index is -0.0736. The zero-order valence-electron chi connectivity index (χ0n) is 7.42. The van der Waals surface area contributed by atoms with Gasteiger partial charge in [-0.15, -0.1) is 0 Å². The molecule has 0 saturated heterocycles. The van der Waals surface area contributed by atoms with E-state index in [1.54, 1.807) is 6.07 Å². The number of aromatic nitrogens is 1. The van der Waals surface area contributed by atoms with E-state index in [1.807, 2.05) is 20.8 Å². The monoisotopic (exact) mass is 168 g/mol. The summed E-state index contributed by atoms with van der Waals surface area (Å²) in [6.07, 6.45) is 0.574. The van der Waals surface area contributed by atoms with E-state index in [0.29, 0.717) is 12.2 Å². The number of anilines is 1. The molecule has 0 fully saturated rings. The van der Waals surface area contributed by atoms with Crippen LogP contribution in [0.5, 0.6) is 0 Å². The number of carbonyl (C=O) groups is 1. The molecule has 1 rings (SSSR count). The molecule has 1 N–H and O–H groups in total. The van der Waals surface area contributed by atoms with Crippen LogP contribution in [0, 0.1) is 0 Å². The second kappa shape index (κ2) is 2.97. The molecule has 1 aromatic rings. The first-order valence-corrected chi connectivity index (χ1v) is 3.71. The maximum absolute atomic E-state index is 10.0. The van der Waals surface area contributed by atoms with Crippen LogP contribution < -0.4 is 5.32 Å². The van der Waals surface area contributed by atoms with Crippen molar-refractivity contribution in [1.29, 1.82) is 0 Å². The maximum atomic E-state index is 10.0. The van der Waals surface area contributed by atoms with Crippen molar-refractivity contribution in [2.75, 3.05) is 5.32 Å². The quantitative estimate of drug-likeness (QED) is 0.681. The van der Waals surface area contributed by atoms with Gasteiger partial charge >= 0.3 is 0 Å². The lowest BCUT2D eigenvalue weighted by atomic mass is 9.93. The molecule has 0 aromatic carbocycles. The smallest absolute Gasteiger partial charge is 0.212 e. The van der Waals surface area contributed by atoms with Crippen LogP contribution in [0.2, 0.25) is 0 Å². The van der Waals surface area contributed by atoms with Crippen molar-refractivity contribution in [1.82, 2.24) is 5.16 Å². The van der Waals surface area contributed by atoms with Gasteiger partial charge in [0.05, 0.1) is 0 Å². The van der Waals surface area contributed by atoms with E-state index in [2.05, 4.69) is 10.5 Å². The van der Waals surface area contributed by atoms with Gasteiger partial charge in [0.15, 0.2) is 5.82 Å². The normalized spacial score (nSPS) is 11.2. The minimum Gasteiger partial charge on any atom is -0.359 e. The highest BCUT2D eigenvalue weighted by molar-refractivity contribution is 5.68. The average molecular weight is 168 g/mol. The van der Waals surface area contributed by atoms with Crippen LogP contribution in [0.15, 0.2) is 10.6 Å². The maximum Gasteiger partial charge on any atom is 0.212 e. The SMILES string of the molecule is CC(C)(C)c1cc(NC=O)no1. The number of amides is 1. The standard InChI is InChI=1S/C8H12N2O2/c1-8(2,3)6-4-7(9-5-11)10-12-6/h4-5H,1-3H3,(H,9,10,11). The van der Waals surface area contributed by atoms with Gasteiger partial charge in [-0.3, -0.25) is 4.79 Å². The average Bonchev–Trinajstić information content (AvgIpc) is 2.35. The number of carbonyl (C=O) groups excluding carboxylic acids is 1. The second-order valence-corrected chi connectivity index (χ2v) is 3.59. The van der Waals surface area contributed by atoms with E-state index >= 15 is 0 Å². The van der Waals surface area contributed by atoms with Crippen molar-refractivity contribution < 1.29 is 9.32 Å². The summed E-state index contributed by atoms with van der Waals surface area (Å²) in [7, 11) is 0. The number of hydrogen-bond acceptors (Lipinski definition) is 3. The third-order valence-electron chi connectivity index (χ3n) is 1.46. The Hall–Kier alpha value is -1.32. The summed E-state index contributed by atoms with van der Waals surface area (Å²) in [6.45, 7) is 6.04. The molecule has 0 atom stereocenters. The number of nitrogens with one attached hydrogen (secondary N) is 1. The zero-order valence-corrected chi connectivity index (χ0v) is 7.42. The van der Waals surface area contributed by atoms with E-state index < -0.39 is 0 Å². The third-order valence-corrected chi connectivity index (χ3v) is 1.46. The van der Waals surface area contributed by atoms with Crippen LogP contribution in [0.4, 0.5) is 5.82 Å². The highest BCUT2D eigenvalue weighted by Gasteiger charge is 2.19. The van der Waals surface area contributed by atoms with Crippen molar-refractivity contribution in [2.24, 2.45) is 0 Å². The Balaban J connectivity index is 2.84. The first-order valence-electron chi connectivity index (χ1n) is 3.71. The summed E-state index contributed by atoms with van der Waals surface area (Å²) in [4.78, 5) is 10.0. The fourth-order valence-electron chi connectivity index (χ4n) is 0.757. The van der Waals surface area contributed by atoms with Crippen LogP contribution in [-0.2, 0) is 10.2 Å². The Morgan fingerprint density at radius 2 is 2.25 bits per heavy atom. The van der Waals surface area contributed by atoms with E-state index in [0.717, 1.165) is 5.76 Å². The molecule has 4 heteroatoms. The third kappa shape index (κ3) is 1.84. The number of hydrogen-bond donors (Lipinski definition) is 1. The van der Waals surface area contributed by atoms with Crippen LogP contribution >= 0.6 is 0 Å². The van der Waals surface area contributed by atoms with Crippen LogP contribution in [0.3, 0.4) is 0 Å². The fourth-order valence-corrected chi connectivity index (χ4v) is 0.757. The molecule has 4 nitrogen and oxygen atoms in total. The molecule has 0 aliphatic rings. The summed E-state index contributed by atoms with van der Waals surface area (Å²) in [5.41, 5.74) is -0.0736. The number of rotatable bonds is 2. The Kier molecular flexibility index (Phi) is 2.17. The summed E-state index contributed by atoms with van der Waals surface area (Å²) in [6, 6.07) is 1.72. The van der Waals surface area contributed by atoms with Gasteiger partial charge in [0.25, 0.3) is 0 Å². The van der Waals surface area contributed by atoms with Gasteiger partial charge in [0, 0.05) is 11.5 Å². The van der Waals surface area contributed by atoms with Crippen molar-refractivity contribution in [3.05, 3.63) is 11.8 Å². The van der Waals surface area contributed by atoms with Crippen LogP contribution in [0.25, 0.3) is 0 Å². The first kappa shape index (κ1) is 8.77. The zero-order chi connectivity index (χ0) is 9.19. The van der Waals surface area contributed by atoms with Gasteiger partial charge < -0.3 is 9.84 Å². The van der Waals surface area contributed by atoms with Gasteiger partial charge in [0.1, 0.15) is 5.76 Å².